The van der Waals surface area contributed by atoms with Crippen LogP contribution < -0.4 is 0 Å². The molecule has 2 fully saturated rings. The molecule has 1 saturated carbocycles. The second-order valence-electron chi connectivity index (χ2n) is 6.87. The van der Waals surface area contributed by atoms with Crippen LogP contribution in [0.5, 0.6) is 0 Å². The maximum atomic E-state index is 10.6. The van der Waals surface area contributed by atoms with E-state index in [1.807, 2.05) is 0 Å². The van der Waals surface area contributed by atoms with Crippen LogP contribution in [0.4, 0.5) is 0 Å². The van der Waals surface area contributed by atoms with Crippen molar-refractivity contribution in [2.75, 3.05) is 13.1 Å². The summed E-state index contributed by atoms with van der Waals surface area (Å²) >= 11 is 0. The third kappa shape index (κ3) is 4.20. The van der Waals surface area contributed by atoms with Crippen molar-refractivity contribution in [3.05, 3.63) is 0 Å². The molecule has 3 nitrogen and oxygen atoms in total. The van der Waals surface area contributed by atoms with Gasteiger partial charge in [-0.2, -0.15) is 0 Å². The maximum Gasteiger partial charge on any atom is 0.303 e. The van der Waals surface area contributed by atoms with Crippen molar-refractivity contribution in [3.8, 4) is 0 Å². The molecule has 0 amide bonds. The van der Waals surface area contributed by atoms with Crippen molar-refractivity contribution in [1.82, 2.24) is 4.90 Å². The number of carbonyl (C=O) groups is 1. The molecule has 1 heterocycles. The predicted octanol–water partition coefficient (Wildman–Crippen LogP) is 3.39. The molecule has 2 aliphatic rings. The summed E-state index contributed by atoms with van der Waals surface area (Å²) in [6, 6.07) is 0.782. The zero-order chi connectivity index (χ0) is 13.8. The molecule has 0 aromatic rings. The van der Waals surface area contributed by atoms with Gasteiger partial charge in [0, 0.05) is 12.5 Å². The summed E-state index contributed by atoms with van der Waals surface area (Å²) < 4.78 is 0. The van der Waals surface area contributed by atoms with Crippen LogP contribution in [0.3, 0.4) is 0 Å². The van der Waals surface area contributed by atoms with Gasteiger partial charge in [-0.1, -0.05) is 20.3 Å². The number of piperidine rings is 1. The number of hydrogen-bond donors (Lipinski definition) is 1. The molecule has 0 spiro atoms. The number of carboxylic acids is 1. The molecular formula is C16H29NO2. The van der Waals surface area contributed by atoms with Gasteiger partial charge in [0.2, 0.25) is 0 Å². The van der Waals surface area contributed by atoms with E-state index in [1.54, 1.807) is 0 Å². The third-order valence-corrected chi connectivity index (χ3v) is 5.30. The highest BCUT2D eigenvalue weighted by atomic mass is 16.4. The van der Waals surface area contributed by atoms with Gasteiger partial charge >= 0.3 is 5.97 Å². The van der Waals surface area contributed by atoms with E-state index in [9.17, 15) is 4.79 Å². The normalized spacial score (nSPS) is 34.3. The molecule has 3 atom stereocenters. The molecular weight excluding hydrogens is 238 g/mol. The van der Waals surface area contributed by atoms with Gasteiger partial charge in [0.1, 0.15) is 0 Å². The number of hydrogen-bond acceptors (Lipinski definition) is 2. The van der Waals surface area contributed by atoms with Gasteiger partial charge in [0.25, 0.3) is 0 Å². The lowest BCUT2D eigenvalue weighted by atomic mass is 9.78. The summed E-state index contributed by atoms with van der Waals surface area (Å²) in [6.45, 7) is 7.17. The first-order chi connectivity index (χ1) is 9.06. The van der Waals surface area contributed by atoms with Gasteiger partial charge in [-0.15, -0.1) is 0 Å². The summed E-state index contributed by atoms with van der Waals surface area (Å²) in [5.74, 6) is 1.72. The van der Waals surface area contributed by atoms with E-state index in [0.717, 1.165) is 24.3 Å². The molecule has 2 rings (SSSR count). The number of rotatable bonds is 4. The average Bonchev–Trinajstić information content (AvgIpc) is 2.40. The van der Waals surface area contributed by atoms with E-state index in [0.29, 0.717) is 12.3 Å². The van der Waals surface area contributed by atoms with Crippen LogP contribution in [-0.4, -0.2) is 35.1 Å². The highest BCUT2D eigenvalue weighted by Crippen LogP contribution is 2.34. The summed E-state index contributed by atoms with van der Waals surface area (Å²) in [5.41, 5.74) is 0. The van der Waals surface area contributed by atoms with Crippen molar-refractivity contribution in [1.29, 1.82) is 0 Å². The van der Waals surface area contributed by atoms with Crippen molar-refractivity contribution < 1.29 is 9.90 Å². The van der Waals surface area contributed by atoms with Gasteiger partial charge < -0.3 is 10.0 Å². The Morgan fingerprint density at radius 2 is 1.84 bits per heavy atom. The molecule has 1 aliphatic carbocycles. The Balaban J connectivity index is 1.77. The smallest absolute Gasteiger partial charge is 0.303 e. The Morgan fingerprint density at radius 1 is 1.16 bits per heavy atom. The first kappa shape index (κ1) is 14.8. The van der Waals surface area contributed by atoms with Gasteiger partial charge in [-0.25, -0.2) is 0 Å². The second kappa shape index (κ2) is 6.74. The zero-order valence-electron chi connectivity index (χ0n) is 12.5. The quantitative estimate of drug-likeness (QED) is 0.849. The van der Waals surface area contributed by atoms with E-state index >= 15 is 0 Å². The van der Waals surface area contributed by atoms with Crippen LogP contribution in [0.1, 0.15) is 58.8 Å². The van der Waals surface area contributed by atoms with E-state index in [2.05, 4.69) is 18.7 Å². The summed E-state index contributed by atoms with van der Waals surface area (Å²) in [6.07, 6.45) is 7.76. The van der Waals surface area contributed by atoms with Gasteiger partial charge in [-0.05, 0) is 62.9 Å². The Hall–Kier alpha value is -0.570. The second-order valence-corrected chi connectivity index (χ2v) is 6.87. The van der Waals surface area contributed by atoms with Crippen LogP contribution in [0.15, 0.2) is 0 Å². The monoisotopic (exact) mass is 267 g/mol. The van der Waals surface area contributed by atoms with E-state index in [-0.39, 0.29) is 0 Å². The largest absolute Gasteiger partial charge is 0.481 e. The fraction of sp³-hybridized carbons (Fsp3) is 0.938. The van der Waals surface area contributed by atoms with Gasteiger partial charge in [0.15, 0.2) is 0 Å². The minimum absolute atomic E-state index is 0.349. The molecule has 0 bridgehead atoms. The van der Waals surface area contributed by atoms with Crippen LogP contribution in [-0.2, 0) is 4.79 Å². The number of nitrogens with zero attached hydrogens (tertiary/aromatic N) is 1. The van der Waals surface area contributed by atoms with E-state index in [4.69, 9.17) is 5.11 Å². The van der Waals surface area contributed by atoms with E-state index < -0.39 is 5.97 Å². The lowest BCUT2D eigenvalue weighted by Gasteiger charge is -2.44. The van der Waals surface area contributed by atoms with Crippen LogP contribution in [0.2, 0.25) is 0 Å². The molecule has 0 aromatic heterocycles. The first-order valence-electron chi connectivity index (χ1n) is 8.02. The SMILES string of the molecule is CC1CCC(C)C(N2CCC(CCC(=O)O)CC2)C1. The fourth-order valence-corrected chi connectivity index (χ4v) is 3.91. The first-order valence-corrected chi connectivity index (χ1v) is 8.02. The Labute approximate surface area is 117 Å². The van der Waals surface area contributed by atoms with Gasteiger partial charge in [0.05, 0.1) is 0 Å². The maximum absolute atomic E-state index is 10.6. The number of carboxylic acid groups (broad SMARTS) is 1. The predicted molar refractivity (Wildman–Crippen MR) is 77.1 cm³/mol. The van der Waals surface area contributed by atoms with Crippen molar-refractivity contribution in [2.24, 2.45) is 17.8 Å². The molecule has 19 heavy (non-hydrogen) atoms. The van der Waals surface area contributed by atoms with Crippen LogP contribution in [0.25, 0.3) is 0 Å². The highest BCUT2D eigenvalue weighted by molar-refractivity contribution is 5.66. The van der Waals surface area contributed by atoms with E-state index in [1.165, 1.54) is 45.2 Å². The Kier molecular flexibility index (Phi) is 5.26. The minimum atomic E-state index is -0.642. The molecule has 3 unspecified atom stereocenters. The number of likely N-dealkylation sites (tertiary alicyclic amines) is 1. The topological polar surface area (TPSA) is 40.5 Å². The van der Waals surface area contributed by atoms with Crippen molar-refractivity contribution >= 4 is 5.97 Å². The molecule has 3 heteroatoms. The summed E-state index contributed by atoms with van der Waals surface area (Å²) in [5, 5.41) is 8.75. The number of aliphatic carboxylic acids is 1. The molecule has 0 radical (unpaired) electrons. The molecule has 110 valence electrons. The minimum Gasteiger partial charge on any atom is -0.481 e. The average molecular weight is 267 g/mol. The fourth-order valence-electron chi connectivity index (χ4n) is 3.91. The van der Waals surface area contributed by atoms with Crippen molar-refractivity contribution in [3.63, 3.8) is 0 Å². The Bertz CT molecular complexity index is 297. The van der Waals surface area contributed by atoms with Crippen molar-refractivity contribution in [2.45, 2.75) is 64.8 Å². The standard InChI is InChI=1S/C16H29NO2/c1-12-3-4-13(2)15(11-12)17-9-7-14(8-10-17)5-6-16(18)19/h12-15H,3-11H2,1-2H3,(H,18,19). The van der Waals surface area contributed by atoms with Gasteiger partial charge in [-0.3, -0.25) is 4.79 Å². The zero-order valence-corrected chi connectivity index (χ0v) is 12.5. The van der Waals surface area contributed by atoms with Crippen LogP contribution in [0, 0.1) is 17.8 Å². The molecule has 0 aromatic carbocycles. The summed E-state index contributed by atoms with van der Waals surface area (Å²) in [4.78, 5) is 13.3. The third-order valence-electron chi connectivity index (χ3n) is 5.30. The van der Waals surface area contributed by atoms with Crippen LogP contribution >= 0.6 is 0 Å². The molecule has 1 aliphatic heterocycles. The lowest BCUT2D eigenvalue weighted by molar-refractivity contribution is -0.137. The molecule has 1 saturated heterocycles. The Morgan fingerprint density at radius 3 is 2.47 bits per heavy atom. The molecule has 1 N–H and O–H groups in total. The highest BCUT2D eigenvalue weighted by Gasteiger charge is 2.32. The lowest BCUT2D eigenvalue weighted by Crippen LogP contribution is -2.47. The summed E-state index contributed by atoms with van der Waals surface area (Å²) in [7, 11) is 0.